The number of carbonyl (C=O) groups excluding carboxylic acids is 1. The molecule has 4 heteroatoms. The average molecular weight is 205 g/mol. The number of amides is 1. The van der Waals surface area contributed by atoms with Crippen LogP contribution in [-0.4, -0.2) is 19.2 Å². The zero-order chi connectivity index (χ0) is 10.3. The summed E-state index contributed by atoms with van der Waals surface area (Å²) in [6.45, 7) is 0.957. The minimum atomic E-state index is 0.0534. The number of ether oxygens (including phenoxy) is 2. The van der Waals surface area contributed by atoms with E-state index in [1.165, 1.54) is 5.56 Å². The summed E-state index contributed by atoms with van der Waals surface area (Å²) in [5, 5.41) is 2.85. The standard InChI is InChI=1S/C11H11NO3/c13-10-5-8-7(3-4-12-10)1-2-9-11(8)15-6-14-9/h1-2H,3-6H2,(H,12,13). The van der Waals surface area contributed by atoms with Gasteiger partial charge in [-0.15, -0.1) is 0 Å². The minimum absolute atomic E-state index is 0.0534. The largest absolute Gasteiger partial charge is 0.454 e. The fourth-order valence-electron chi connectivity index (χ4n) is 2.06. The van der Waals surface area contributed by atoms with Crippen LogP contribution in [0.4, 0.5) is 0 Å². The number of fused-ring (bicyclic) bond motifs is 3. The fourth-order valence-corrected chi connectivity index (χ4v) is 2.06. The number of hydrogen-bond donors (Lipinski definition) is 1. The normalized spacial score (nSPS) is 18.0. The second-order valence-electron chi connectivity index (χ2n) is 3.71. The number of rotatable bonds is 0. The molecular formula is C11H11NO3. The second-order valence-corrected chi connectivity index (χ2v) is 3.71. The van der Waals surface area contributed by atoms with E-state index in [4.69, 9.17) is 9.47 Å². The summed E-state index contributed by atoms with van der Waals surface area (Å²) in [5.74, 6) is 1.56. The molecule has 2 heterocycles. The van der Waals surface area contributed by atoms with Crippen LogP contribution >= 0.6 is 0 Å². The predicted molar refractivity (Wildman–Crippen MR) is 53.0 cm³/mol. The lowest BCUT2D eigenvalue weighted by Crippen LogP contribution is -2.24. The molecule has 0 unspecified atom stereocenters. The number of hydrogen-bond acceptors (Lipinski definition) is 3. The summed E-state index contributed by atoms with van der Waals surface area (Å²) in [6, 6.07) is 3.93. The molecule has 1 aromatic carbocycles. The highest BCUT2D eigenvalue weighted by molar-refractivity contribution is 5.81. The van der Waals surface area contributed by atoms with Gasteiger partial charge >= 0.3 is 0 Å². The number of benzene rings is 1. The minimum Gasteiger partial charge on any atom is -0.454 e. The van der Waals surface area contributed by atoms with Crippen molar-refractivity contribution in [3.63, 3.8) is 0 Å². The highest BCUT2D eigenvalue weighted by atomic mass is 16.7. The predicted octanol–water partition coefficient (Wildman–Crippen LogP) is 0.630. The van der Waals surface area contributed by atoms with Crippen molar-refractivity contribution in [3.05, 3.63) is 23.3 Å². The summed E-state index contributed by atoms with van der Waals surface area (Å²) >= 11 is 0. The molecule has 0 fully saturated rings. The monoisotopic (exact) mass is 205 g/mol. The molecule has 0 saturated heterocycles. The molecule has 2 aliphatic heterocycles. The van der Waals surface area contributed by atoms with Crippen molar-refractivity contribution in [2.24, 2.45) is 0 Å². The zero-order valence-electron chi connectivity index (χ0n) is 8.21. The zero-order valence-corrected chi connectivity index (χ0v) is 8.21. The van der Waals surface area contributed by atoms with Crippen LogP contribution in [0.3, 0.4) is 0 Å². The molecule has 1 amide bonds. The lowest BCUT2D eigenvalue weighted by atomic mass is 10.0. The van der Waals surface area contributed by atoms with Gasteiger partial charge in [-0.3, -0.25) is 4.79 Å². The van der Waals surface area contributed by atoms with Gasteiger partial charge in [0.15, 0.2) is 11.5 Å². The molecule has 2 aliphatic rings. The Morgan fingerprint density at radius 3 is 3.13 bits per heavy atom. The van der Waals surface area contributed by atoms with Crippen molar-refractivity contribution in [1.82, 2.24) is 5.32 Å². The van der Waals surface area contributed by atoms with Gasteiger partial charge in [0.05, 0.1) is 6.42 Å². The highest BCUT2D eigenvalue weighted by Crippen LogP contribution is 2.38. The first kappa shape index (κ1) is 8.59. The second kappa shape index (κ2) is 3.15. The first-order chi connectivity index (χ1) is 7.34. The summed E-state index contributed by atoms with van der Waals surface area (Å²) in [5.41, 5.74) is 2.16. The number of carbonyl (C=O) groups is 1. The van der Waals surface area contributed by atoms with Crippen LogP contribution in [-0.2, 0) is 17.6 Å². The molecule has 3 rings (SSSR count). The van der Waals surface area contributed by atoms with Crippen LogP contribution in [0.25, 0.3) is 0 Å². The van der Waals surface area contributed by atoms with Crippen molar-refractivity contribution in [2.75, 3.05) is 13.3 Å². The molecule has 1 aromatic rings. The van der Waals surface area contributed by atoms with Crippen molar-refractivity contribution in [2.45, 2.75) is 12.8 Å². The van der Waals surface area contributed by atoms with E-state index in [0.29, 0.717) is 13.0 Å². The molecule has 0 atom stereocenters. The first-order valence-corrected chi connectivity index (χ1v) is 5.01. The Bertz CT molecular complexity index is 428. The smallest absolute Gasteiger partial charge is 0.231 e. The van der Waals surface area contributed by atoms with Gasteiger partial charge in [-0.1, -0.05) is 6.07 Å². The Kier molecular flexibility index (Phi) is 1.80. The van der Waals surface area contributed by atoms with Crippen molar-refractivity contribution in [1.29, 1.82) is 0 Å². The Hall–Kier alpha value is -1.71. The van der Waals surface area contributed by atoms with E-state index >= 15 is 0 Å². The average Bonchev–Trinajstić information content (AvgIpc) is 2.61. The van der Waals surface area contributed by atoms with E-state index < -0.39 is 0 Å². The lowest BCUT2D eigenvalue weighted by Gasteiger charge is -2.07. The molecule has 78 valence electrons. The molecule has 0 aliphatic carbocycles. The van der Waals surface area contributed by atoms with E-state index in [-0.39, 0.29) is 12.7 Å². The summed E-state index contributed by atoms with van der Waals surface area (Å²) in [4.78, 5) is 11.4. The Morgan fingerprint density at radius 2 is 2.20 bits per heavy atom. The topological polar surface area (TPSA) is 47.6 Å². The molecule has 0 bridgehead atoms. The maximum Gasteiger partial charge on any atom is 0.231 e. The Labute approximate surface area is 87.2 Å². The summed E-state index contributed by atoms with van der Waals surface area (Å²) in [7, 11) is 0. The van der Waals surface area contributed by atoms with Gasteiger partial charge < -0.3 is 14.8 Å². The van der Waals surface area contributed by atoms with E-state index in [1.54, 1.807) is 0 Å². The highest BCUT2D eigenvalue weighted by Gasteiger charge is 2.23. The van der Waals surface area contributed by atoms with Gasteiger partial charge in [0.25, 0.3) is 0 Å². The van der Waals surface area contributed by atoms with Gasteiger partial charge in [-0.05, 0) is 18.1 Å². The van der Waals surface area contributed by atoms with E-state index in [0.717, 1.165) is 23.5 Å². The van der Waals surface area contributed by atoms with Gasteiger partial charge in [-0.2, -0.15) is 0 Å². The van der Waals surface area contributed by atoms with E-state index in [9.17, 15) is 4.79 Å². The quantitative estimate of drug-likeness (QED) is 0.675. The Morgan fingerprint density at radius 1 is 1.27 bits per heavy atom. The third-order valence-corrected chi connectivity index (χ3v) is 2.79. The van der Waals surface area contributed by atoms with Crippen LogP contribution in [0, 0.1) is 0 Å². The molecule has 1 N–H and O–H groups in total. The Balaban J connectivity index is 2.13. The van der Waals surface area contributed by atoms with Gasteiger partial charge in [0.2, 0.25) is 12.7 Å². The maximum atomic E-state index is 11.4. The summed E-state index contributed by atoms with van der Waals surface area (Å²) < 4.78 is 10.7. The lowest BCUT2D eigenvalue weighted by molar-refractivity contribution is -0.120. The summed E-state index contributed by atoms with van der Waals surface area (Å²) in [6.07, 6.45) is 1.25. The molecular weight excluding hydrogens is 194 g/mol. The van der Waals surface area contributed by atoms with Gasteiger partial charge in [0.1, 0.15) is 0 Å². The first-order valence-electron chi connectivity index (χ1n) is 5.01. The van der Waals surface area contributed by atoms with Crippen LogP contribution in [0.15, 0.2) is 12.1 Å². The van der Waals surface area contributed by atoms with E-state index in [2.05, 4.69) is 5.32 Å². The number of nitrogens with one attached hydrogen (secondary N) is 1. The van der Waals surface area contributed by atoms with Crippen LogP contribution in [0.2, 0.25) is 0 Å². The van der Waals surface area contributed by atoms with E-state index in [1.807, 2.05) is 12.1 Å². The SMILES string of the molecule is O=C1Cc2c(ccc3c2OCO3)CCN1. The van der Waals surface area contributed by atoms with Crippen molar-refractivity contribution < 1.29 is 14.3 Å². The molecule has 0 spiro atoms. The van der Waals surface area contributed by atoms with Crippen LogP contribution < -0.4 is 14.8 Å². The molecule has 0 radical (unpaired) electrons. The van der Waals surface area contributed by atoms with Crippen LogP contribution in [0.5, 0.6) is 11.5 Å². The van der Waals surface area contributed by atoms with Gasteiger partial charge in [0, 0.05) is 12.1 Å². The maximum absolute atomic E-state index is 11.4. The third-order valence-electron chi connectivity index (χ3n) is 2.79. The van der Waals surface area contributed by atoms with Crippen molar-refractivity contribution in [3.8, 4) is 11.5 Å². The van der Waals surface area contributed by atoms with Crippen molar-refractivity contribution >= 4 is 5.91 Å². The third kappa shape index (κ3) is 1.33. The fraction of sp³-hybridized carbons (Fsp3) is 0.364. The molecule has 15 heavy (non-hydrogen) atoms. The molecule has 4 nitrogen and oxygen atoms in total. The molecule has 0 aromatic heterocycles. The van der Waals surface area contributed by atoms with Crippen LogP contribution in [0.1, 0.15) is 11.1 Å². The molecule has 0 saturated carbocycles. The van der Waals surface area contributed by atoms with Gasteiger partial charge in [-0.25, -0.2) is 0 Å².